The van der Waals surface area contributed by atoms with Crippen molar-refractivity contribution < 1.29 is 14.2 Å². The Morgan fingerprint density at radius 2 is 1.53 bits per heavy atom. The van der Waals surface area contributed by atoms with Crippen LogP contribution in [0.3, 0.4) is 0 Å². The summed E-state index contributed by atoms with van der Waals surface area (Å²) in [6, 6.07) is 0.642. The van der Waals surface area contributed by atoms with Gasteiger partial charge in [0.2, 0.25) is 0 Å². The Kier molecular flexibility index (Phi) is 4.49. The first-order chi connectivity index (χ1) is 9.18. The molecule has 1 aliphatic rings. The molecule has 0 atom stereocenters. The van der Waals surface area contributed by atoms with Gasteiger partial charge in [-0.1, -0.05) is 0 Å². The number of quaternary nitrogens is 1. The number of aromatic nitrogens is 3. The largest absolute Gasteiger partial charge is 0.463 e. The van der Waals surface area contributed by atoms with Gasteiger partial charge in [-0.3, -0.25) is 4.48 Å². The molecule has 1 fully saturated rings. The number of morpholine rings is 1. The van der Waals surface area contributed by atoms with Gasteiger partial charge in [-0.15, -0.1) is 15.0 Å². The molecule has 1 saturated heterocycles. The third-order valence-corrected chi connectivity index (χ3v) is 3.07. The van der Waals surface area contributed by atoms with Crippen molar-refractivity contribution in [2.45, 2.75) is 13.8 Å². The molecule has 7 nitrogen and oxygen atoms in total. The van der Waals surface area contributed by atoms with Crippen molar-refractivity contribution >= 4 is 5.95 Å². The Morgan fingerprint density at radius 3 is 2.00 bits per heavy atom. The molecular weight excluding hydrogens is 248 g/mol. The summed E-state index contributed by atoms with van der Waals surface area (Å²) >= 11 is 0. The standard InChI is InChI=1S/C12H21N4O3/c1-4-18-11-13-10(14-12(15-11)19-5-2)16(3)6-8-17-9-7-16/h4-9H2,1-3H3/q+1. The van der Waals surface area contributed by atoms with Gasteiger partial charge < -0.3 is 14.2 Å². The molecule has 0 unspecified atom stereocenters. The zero-order chi connectivity index (χ0) is 13.7. The minimum absolute atomic E-state index is 0.321. The second-order valence-electron chi connectivity index (χ2n) is 4.52. The van der Waals surface area contributed by atoms with Gasteiger partial charge in [0.15, 0.2) is 0 Å². The molecule has 0 aromatic carbocycles. The Balaban J connectivity index is 2.31. The first-order valence-corrected chi connectivity index (χ1v) is 6.62. The fourth-order valence-corrected chi connectivity index (χ4v) is 1.90. The van der Waals surface area contributed by atoms with Gasteiger partial charge >= 0.3 is 18.0 Å². The SMILES string of the molecule is CCOc1nc(OCC)nc([N+]2(C)CCOCC2)n1. The number of likely N-dealkylation sites (N-methyl/N-ethyl adjacent to an activating group) is 1. The summed E-state index contributed by atoms with van der Waals surface area (Å²) in [6.45, 7) is 7.90. The van der Waals surface area contributed by atoms with Gasteiger partial charge in [-0.05, 0) is 13.8 Å². The van der Waals surface area contributed by atoms with Crippen molar-refractivity contribution in [3.8, 4) is 12.0 Å². The first kappa shape index (κ1) is 14.0. The lowest BCUT2D eigenvalue weighted by Crippen LogP contribution is -2.54. The highest BCUT2D eigenvalue weighted by atomic mass is 16.5. The van der Waals surface area contributed by atoms with Gasteiger partial charge in [0.05, 0.1) is 33.5 Å². The summed E-state index contributed by atoms with van der Waals surface area (Å²) in [5, 5.41) is 0. The van der Waals surface area contributed by atoms with Crippen molar-refractivity contribution in [3.05, 3.63) is 0 Å². The number of hydrogen-bond donors (Lipinski definition) is 0. The van der Waals surface area contributed by atoms with E-state index >= 15 is 0 Å². The van der Waals surface area contributed by atoms with E-state index in [2.05, 4.69) is 22.0 Å². The smallest absolute Gasteiger partial charge is 0.338 e. The minimum Gasteiger partial charge on any atom is -0.463 e. The molecule has 0 amide bonds. The summed E-state index contributed by atoms with van der Waals surface area (Å²) in [7, 11) is 2.09. The Hall–Kier alpha value is -1.47. The monoisotopic (exact) mass is 269 g/mol. The lowest BCUT2D eigenvalue weighted by molar-refractivity contribution is 0.0488. The number of ether oxygens (including phenoxy) is 3. The highest BCUT2D eigenvalue weighted by Crippen LogP contribution is 2.22. The molecule has 1 aromatic heterocycles. The molecule has 106 valence electrons. The highest BCUT2D eigenvalue weighted by Gasteiger charge is 2.33. The molecule has 0 N–H and O–H groups in total. The fourth-order valence-electron chi connectivity index (χ4n) is 1.90. The molecule has 0 spiro atoms. The van der Waals surface area contributed by atoms with E-state index in [1.54, 1.807) is 0 Å². The predicted octanol–water partition coefficient (Wildman–Crippen LogP) is 0.636. The van der Waals surface area contributed by atoms with E-state index in [9.17, 15) is 0 Å². The summed E-state index contributed by atoms with van der Waals surface area (Å²) < 4.78 is 16.8. The molecule has 0 saturated carbocycles. The van der Waals surface area contributed by atoms with Crippen molar-refractivity contribution in [1.82, 2.24) is 19.4 Å². The molecule has 0 radical (unpaired) electrons. The zero-order valence-corrected chi connectivity index (χ0v) is 11.8. The van der Waals surface area contributed by atoms with E-state index in [1.807, 2.05) is 13.8 Å². The average Bonchev–Trinajstić information content (AvgIpc) is 2.40. The maximum atomic E-state index is 5.39. The predicted molar refractivity (Wildman–Crippen MR) is 70.4 cm³/mol. The topological polar surface area (TPSA) is 66.4 Å². The van der Waals surface area contributed by atoms with Crippen LogP contribution in [0.15, 0.2) is 0 Å². The molecule has 0 aliphatic carbocycles. The molecule has 19 heavy (non-hydrogen) atoms. The Labute approximate surface area is 113 Å². The molecule has 1 aromatic rings. The average molecular weight is 269 g/mol. The lowest BCUT2D eigenvalue weighted by Gasteiger charge is -2.34. The number of rotatable bonds is 5. The van der Waals surface area contributed by atoms with E-state index in [1.165, 1.54) is 0 Å². The summed E-state index contributed by atoms with van der Waals surface area (Å²) in [5.74, 6) is 0.671. The maximum absolute atomic E-state index is 5.39. The second-order valence-corrected chi connectivity index (χ2v) is 4.52. The van der Waals surface area contributed by atoms with Crippen LogP contribution in [-0.4, -0.2) is 61.5 Å². The molecule has 2 rings (SSSR count). The van der Waals surface area contributed by atoms with Crippen molar-refractivity contribution in [3.63, 3.8) is 0 Å². The van der Waals surface area contributed by atoms with E-state index < -0.39 is 0 Å². The third-order valence-electron chi connectivity index (χ3n) is 3.07. The van der Waals surface area contributed by atoms with E-state index in [4.69, 9.17) is 14.2 Å². The number of hydrogen-bond acceptors (Lipinski definition) is 6. The highest BCUT2D eigenvalue weighted by molar-refractivity contribution is 5.28. The van der Waals surface area contributed by atoms with Crippen molar-refractivity contribution in [2.75, 3.05) is 46.6 Å². The van der Waals surface area contributed by atoms with Crippen molar-refractivity contribution in [1.29, 1.82) is 0 Å². The minimum atomic E-state index is 0.321. The van der Waals surface area contributed by atoms with Crippen LogP contribution in [0.5, 0.6) is 12.0 Å². The maximum Gasteiger partial charge on any atom is 0.338 e. The van der Waals surface area contributed by atoms with Crippen LogP contribution in [0.1, 0.15) is 13.8 Å². The molecule has 1 aliphatic heterocycles. The Morgan fingerprint density at radius 1 is 1.00 bits per heavy atom. The van der Waals surface area contributed by atoms with E-state index in [-0.39, 0.29) is 0 Å². The van der Waals surface area contributed by atoms with Gasteiger partial charge in [-0.25, -0.2) is 0 Å². The summed E-state index contributed by atoms with van der Waals surface area (Å²) in [6.07, 6.45) is 0. The van der Waals surface area contributed by atoms with Gasteiger partial charge in [0, 0.05) is 0 Å². The fraction of sp³-hybridized carbons (Fsp3) is 0.750. The zero-order valence-electron chi connectivity index (χ0n) is 11.8. The molecular formula is C12H21N4O3+. The van der Waals surface area contributed by atoms with Crippen LogP contribution in [0.2, 0.25) is 0 Å². The Bertz CT molecular complexity index is 397. The molecule has 7 heteroatoms. The van der Waals surface area contributed by atoms with Crippen LogP contribution >= 0.6 is 0 Å². The molecule has 0 bridgehead atoms. The van der Waals surface area contributed by atoms with Gasteiger partial charge in [0.25, 0.3) is 0 Å². The lowest BCUT2D eigenvalue weighted by atomic mass is 10.4. The van der Waals surface area contributed by atoms with Crippen LogP contribution in [-0.2, 0) is 4.74 Å². The van der Waals surface area contributed by atoms with Crippen LogP contribution in [0.4, 0.5) is 5.95 Å². The van der Waals surface area contributed by atoms with Gasteiger partial charge in [-0.2, -0.15) is 0 Å². The normalized spacial score (nSPS) is 18.1. The third kappa shape index (κ3) is 3.30. The van der Waals surface area contributed by atoms with Crippen LogP contribution in [0.25, 0.3) is 0 Å². The second kappa shape index (κ2) is 6.12. The first-order valence-electron chi connectivity index (χ1n) is 6.62. The molecule has 2 heterocycles. The van der Waals surface area contributed by atoms with Crippen LogP contribution < -0.4 is 14.0 Å². The summed E-state index contributed by atoms with van der Waals surface area (Å²) in [5.41, 5.74) is 0. The van der Waals surface area contributed by atoms with Crippen LogP contribution in [0, 0.1) is 0 Å². The summed E-state index contributed by atoms with van der Waals surface area (Å²) in [4.78, 5) is 12.9. The van der Waals surface area contributed by atoms with Crippen molar-refractivity contribution in [2.24, 2.45) is 0 Å². The van der Waals surface area contributed by atoms with Gasteiger partial charge in [0.1, 0.15) is 13.1 Å². The van der Waals surface area contributed by atoms with E-state index in [0.29, 0.717) is 48.9 Å². The van der Waals surface area contributed by atoms with E-state index in [0.717, 1.165) is 13.1 Å². The number of nitrogens with zero attached hydrogens (tertiary/aromatic N) is 4. The quantitative estimate of drug-likeness (QED) is 0.731.